The molecule has 0 spiro atoms. The van der Waals surface area contributed by atoms with E-state index >= 15 is 4.39 Å². The average Bonchev–Trinajstić information content (AvgIpc) is 3.66. The van der Waals surface area contributed by atoms with Crippen LogP contribution in [0.5, 0.6) is 11.5 Å². The van der Waals surface area contributed by atoms with Gasteiger partial charge in [0.15, 0.2) is 11.6 Å². The van der Waals surface area contributed by atoms with Gasteiger partial charge in [-0.25, -0.2) is 9.37 Å². The number of rotatable bonds is 10. The number of anilines is 1. The van der Waals surface area contributed by atoms with Gasteiger partial charge >= 0.3 is 5.97 Å². The Morgan fingerprint density at radius 1 is 1.10 bits per heavy atom. The Morgan fingerprint density at radius 2 is 1.88 bits per heavy atom. The van der Waals surface area contributed by atoms with E-state index in [-0.39, 0.29) is 46.4 Å². The maximum atomic E-state index is 15.6. The minimum Gasteiger partial charge on any atom is -0.496 e. The number of hydroxylamine groups is 1. The first-order valence-electron chi connectivity index (χ1n) is 17.0. The summed E-state index contributed by atoms with van der Waals surface area (Å²) in [6, 6.07) is 15.0. The number of hydrogen-bond donors (Lipinski definition) is 2. The highest BCUT2D eigenvalue weighted by molar-refractivity contribution is 6.32. The fourth-order valence-electron chi connectivity index (χ4n) is 7.14. The van der Waals surface area contributed by atoms with Gasteiger partial charge in [-0.15, -0.1) is 5.48 Å². The van der Waals surface area contributed by atoms with Crippen molar-refractivity contribution in [1.29, 1.82) is 5.26 Å². The summed E-state index contributed by atoms with van der Waals surface area (Å²) >= 11 is 6.50. The van der Waals surface area contributed by atoms with Gasteiger partial charge in [0.25, 0.3) is 5.91 Å². The molecular formula is C38H38ClFN6O5. The first-order valence-corrected chi connectivity index (χ1v) is 17.4. The number of carbonyl (C=O) groups is 2. The molecule has 13 heteroatoms. The first-order chi connectivity index (χ1) is 24.7. The maximum absolute atomic E-state index is 15.6. The molecule has 1 amide bonds. The lowest BCUT2D eigenvalue weighted by Gasteiger charge is -2.23. The molecule has 0 radical (unpaired) electrons. The van der Waals surface area contributed by atoms with Crippen LogP contribution < -0.4 is 20.3 Å². The molecule has 51 heavy (non-hydrogen) atoms. The van der Waals surface area contributed by atoms with E-state index in [2.05, 4.69) is 26.7 Å². The molecule has 0 bridgehead atoms. The average molecular weight is 713 g/mol. The first kappa shape index (κ1) is 34.5. The number of benzene rings is 3. The third-order valence-corrected chi connectivity index (χ3v) is 10.5. The van der Waals surface area contributed by atoms with Gasteiger partial charge in [-0.3, -0.25) is 9.59 Å². The molecule has 1 fully saturated rings. The van der Waals surface area contributed by atoms with E-state index in [9.17, 15) is 14.9 Å². The van der Waals surface area contributed by atoms with Crippen LogP contribution in [0.4, 0.5) is 10.1 Å². The molecule has 264 valence electrons. The molecule has 3 aliphatic rings. The third kappa shape index (κ3) is 6.53. The molecule has 1 atom stereocenters. The Kier molecular flexibility index (Phi) is 9.70. The number of methoxy groups -OCH3 is 1. The third-order valence-electron chi connectivity index (χ3n) is 10.2. The normalized spacial score (nSPS) is 16.8. The van der Waals surface area contributed by atoms with Crippen LogP contribution in [0.3, 0.4) is 0 Å². The number of likely N-dealkylation sites (N-methyl/N-ethyl adjacent to an activating group) is 1. The predicted octanol–water partition coefficient (Wildman–Crippen LogP) is 6.41. The molecule has 2 aliphatic carbocycles. The van der Waals surface area contributed by atoms with Crippen LogP contribution in [0.15, 0.2) is 42.5 Å². The van der Waals surface area contributed by atoms with Gasteiger partial charge in [0, 0.05) is 49.4 Å². The van der Waals surface area contributed by atoms with Crippen molar-refractivity contribution in [3.8, 4) is 28.7 Å². The van der Waals surface area contributed by atoms with Crippen molar-refractivity contribution in [2.24, 2.45) is 13.0 Å². The number of carbonyl (C=O) groups excluding carboxylic acids is 2. The Morgan fingerprint density at radius 3 is 2.63 bits per heavy atom. The zero-order valence-corrected chi connectivity index (χ0v) is 29.4. The number of halogens is 2. The summed E-state index contributed by atoms with van der Waals surface area (Å²) in [7, 11) is 5.29. The zero-order chi connectivity index (χ0) is 35.8. The van der Waals surface area contributed by atoms with Gasteiger partial charge in [0.1, 0.15) is 28.7 Å². The fraction of sp³-hybridized carbons (Fsp3) is 0.368. The maximum Gasteiger partial charge on any atom is 0.327 e. The van der Waals surface area contributed by atoms with Crippen LogP contribution in [0.2, 0.25) is 5.02 Å². The fourth-order valence-corrected chi connectivity index (χ4v) is 7.36. The van der Waals surface area contributed by atoms with Gasteiger partial charge in [-0.05, 0) is 55.5 Å². The number of nitrogens with zero attached hydrogens (tertiary/aromatic N) is 4. The van der Waals surface area contributed by atoms with Gasteiger partial charge in [-0.1, -0.05) is 48.4 Å². The molecule has 11 nitrogen and oxygen atoms in total. The number of amides is 1. The van der Waals surface area contributed by atoms with Gasteiger partial charge < -0.3 is 29.1 Å². The number of imidazole rings is 1. The van der Waals surface area contributed by atoms with Gasteiger partial charge in [0.05, 0.1) is 36.5 Å². The van der Waals surface area contributed by atoms with E-state index in [1.165, 1.54) is 13.2 Å². The predicted molar refractivity (Wildman–Crippen MR) is 188 cm³/mol. The lowest BCUT2D eigenvalue weighted by molar-refractivity contribution is -0.159. The van der Waals surface area contributed by atoms with Gasteiger partial charge in [0.2, 0.25) is 0 Å². The molecule has 1 aromatic heterocycles. The van der Waals surface area contributed by atoms with Crippen molar-refractivity contribution in [2.45, 2.75) is 57.7 Å². The molecule has 7 rings (SSSR count). The molecule has 1 unspecified atom stereocenters. The molecule has 2 heterocycles. The molecule has 1 saturated carbocycles. The molecule has 0 saturated heterocycles. The summed E-state index contributed by atoms with van der Waals surface area (Å²) in [5.41, 5.74) is 8.70. The van der Waals surface area contributed by atoms with E-state index < -0.39 is 11.9 Å². The quantitative estimate of drug-likeness (QED) is 0.179. The number of nitriles is 1. The number of aromatic nitrogens is 2. The topological polar surface area (TPSA) is 131 Å². The Balaban J connectivity index is 1.11. The summed E-state index contributed by atoms with van der Waals surface area (Å²) in [5, 5.41) is 13.1. The Bertz CT molecular complexity index is 2070. The van der Waals surface area contributed by atoms with Crippen LogP contribution in [-0.4, -0.2) is 47.0 Å². The van der Waals surface area contributed by atoms with Crippen LogP contribution >= 0.6 is 11.6 Å². The van der Waals surface area contributed by atoms with Crippen LogP contribution in [-0.2, 0) is 42.6 Å². The Labute approximate surface area is 300 Å². The highest BCUT2D eigenvalue weighted by atomic mass is 35.5. The standard InChI is InChI=1S/C38H38ClFN6O5/c1-45-16-15-30-29(20-45)43-36(46(30)2)37(47)44-28-12-6-10-23(26(28)18-41)22-9-5-11-25-24(22)13-14-31(25)50-33-17-32(49-3)27(35(40)34(33)39)19-42-51-38(48)21-7-4-8-21/h5-6,9-12,17,21,31,42H,4,7-8,13-16,19-20H2,1-3H3,(H,44,47). The van der Waals surface area contributed by atoms with Crippen molar-refractivity contribution in [2.75, 3.05) is 26.0 Å². The number of fused-ring (bicyclic) bond motifs is 2. The second kappa shape index (κ2) is 14.3. The lowest BCUT2D eigenvalue weighted by Crippen LogP contribution is -2.29. The van der Waals surface area contributed by atoms with Crippen molar-refractivity contribution in [3.63, 3.8) is 0 Å². The molecular weight excluding hydrogens is 675 g/mol. The minimum absolute atomic E-state index is 0.108. The van der Waals surface area contributed by atoms with Crippen LogP contribution in [0, 0.1) is 23.1 Å². The van der Waals surface area contributed by atoms with Crippen molar-refractivity contribution in [3.05, 3.63) is 92.8 Å². The largest absolute Gasteiger partial charge is 0.496 e. The summed E-state index contributed by atoms with van der Waals surface area (Å²) in [6.45, 7) is 1.44. The molecule has 4 aromatic rings. The van der Waals surface area contributed by atoms with Gasteiger partial charge in [-0.2, -0.15) is 5.26 Å². The van der Waals surface area contributed by atoms with E-state index in [0.717, 1.165) is 60.3 Å². The highest BCUT2D eigenvalue weighted by Crippen LogP contribution is 2.44. The smallest absolute Gasteiger partial charge is 0.327 e. The summed E-state index contributed by atoms with van der Waals surface area (Å²) in [6.07, 6.45) is 4.15. The monoisotopic (exact) mass is 712 g/mol. The zero-order valence-electron chi connectivity index (χ0n) is 28.6. The van der Waals surface area contributed by atoms with E-state index in [0.29, 0.717) is 42.0 Å². The van der Waals surface area contributed by atoms with Crippen LogP contribution in [0.1, 0.15) is 76.0 Å². The highest BCUT2D eigenvalue weighted by Gasteiger charge is 2.31. The van der Waals surface area contributed by atoms with E-state index in [4.69, 9.17) is 25.9 Å². The molecule has 3 aromatic carbocycles. The summed E-state index contributed by atoms with van der Waals surface area (Å²) in [5.74, 6) is -0.989. The number of hydrogen-bond acceptors (Lipinski definition) is 9. The SMILES string of the molecule is COc1cc(OC2CCc3c(-c4cccc(NC(=O)c5nc6c(n5C)CCN(C)C6)c4C#N)cccc32)c(Cl)c(F)c1CNOC(=O)C1CCC1. The minimum atomic E-state index is -0.735. The van der Waals surface area contributed by atoms with Crippen molar-refractivity contribution >= 4 is 29.2 Å². The number of ether oxygens (including phenoxy) is 2. The molecule has 1 aliphatic heterocycles. The molecule has 2 N–H and O–H groups in total. The van der Waals surface area contributed by atoms with Crippen molar-refractivity contribution in [1.82, 2.24) is 19.9 Å². The van der Waals surface area contributed by atoms with E-state index in [1.807, 2.05) is 49.0 Å². The lowest BCUT2D eigenvalue weighted by atomic mass is 9.86. The van der Waals surface area contributed by atoms with Crippen LogP contribution in [0.25, 0.3) is 11.1 Å². The second-order valence-corrected chi connectivity index (χ2v) is 13.6. The summed E-state index contributed by atoms with van der Waals surface area (Å²) < 4.78 is 29.2. The summed E-state index contributed by atoms with van der Waals surface area (Å²) in [4.78, 5) is 37.5. The number of nitrogens with one attached hydrogen (secondary N) is 2. The van der Waals surface area contributed by atoms with Crippen molar-refractivity contribution < 1.29 is 28.3 Å². The second-order valence-electron chi connectivity index (χ2n) is 13.2. The van der Waals surface area contributed by atoms with E-state index in [1.54, 1.807) is 6.07 Å². The Hall–Kier alpha value is -4.96.